The van der Waals surface area contributed by atoms with Crippen LogP contribution in [0.2, 0.25) is 0 Å². The highest BCUT2D eigenvalue weighted by Gasteiger charge is 2.26. The molecule has 0 aliphatic rings. The molecule has 1 heterocycles. The van der Waals surface area contributed by atoms with Gasteiger partial charge in [-0.05, 0) is 36.8 Å². The van der Waals surface area contributed by atoms with Gasteiger partial charge in [0.2, 0.25) is 0 Å². The smallest absolute Gasteiger partial charge is 0.319 e. The minimum atomic E-state index is -2.91. The summed E-state index contributed by atoms with van der Waals surface area (Å²) in [6.07, 6.45) is -0.323. The zero-order valence-corrected chi connectivity index (χ0v) is 15.2. The van der Waals surface area contributed by atoms with Gasteiger partial charge in [-0.15, -0.1) is 0 Å². The first-order valence-electron chi connectivity index (χ1n) is 8.77. The highest BCUT2D eigenvalue weighted by molar-refractivity contribution is 5.93. The first-order valence-corrected chi connectivity index (χ1v) is 8.77. The monoisotopic (exact) mass is 369 g/mol. The second-order valence-corrected chi connectivity index (χ2v) is 6.41. The number of carbonyl (C=O) groups excluding carboxylic acids is 1. The zero-order chi connectivity index (χ0) is 19.4. The van der Waals surface area contributed by atoms with Crippen LogP contribution in [0.25, 0.3) is 22.0 Å². The number of carbonyl (C=O) groups is 1. The van der Waals surface area contributed by atoms with E-state index < -0.39 is 18.5 Å². The maximum Gasteiger partial charge on any atom is 0.319 e. The van der Waals surface area contributed by atoms with Crippen LogP contribution in [0.4, 0.5) is 19.3 Å². The molecule has 140 valence electrons. The van der Waals surface area contributed by atoms with Gasteiger partial charge in [-0.2, -0.15) is 0 Å². The minimum Gasteiger partial charge on any atom is -0.332 e. The molecular weight excluding hydrogens is 348 g/mol. The Hall–Kier alpha value is -3.02. The second kappa shape index (κ2) is 7.70. The quantitative estimate of drug-likeness (QED) is 0.635. The number of nitrogens with one attached hydrogen (secondary N) is 2. The summed E-state index contributed by atoms with van der Waals surface area (Å²) in [4.78, 5) is 16.5. The first kappa shape index (κ1) is 18.8. The number of nitrogens with zero attached hydrogens (tertiary/aromatic N) is 1. The first-order chi connectivity index (χ1) is 12.9. The number of rotatable bonds is 5. The third-order valence-corrected chi connectivity index (χ3v) is 4.37. The Morgan fingerprint density at radius 1 is 1.11 bits per heavy atom. The number of aromatic nitrogens is 1. The highest BCUT2D eigenvalue weighted by atomic mass is 19.3. The number of amides is 2. The summed E-state index contributed by atoms with van der Waals surface area (Å²) in [5.41, 5.74) is 4.30. The third-order valence-electron chi connectivity index (χ3n) is 4.37. The zero-order valence-electron chi connectivity index (χ0n) is 15.2. The average molecular weight is 369 g/mol. The van der Waals surface area contributed by atoms with Gasteiger partial charge in [0.15, 0.2) is 0 Å². The van der Waals surface area contributed by atoms with E-state index >= 15 is 0 Å². The van der Waals surface area contributed by atoms with Crippen LogP contribution in [0.15, 0.2) is 54.6 Å². The number of urea groups is 1. The van der Waals surface area contributed by atoms with E-state index in [0.717, 1.165) is 27.7 Å². The lowest BCUT2D eigenvalue weighted by Gasteiger charge is -2.15. The highest BCUT2D eigenvalue weighted by Crippen LogP contribution is 2.27. The maximum atomic E-state index is 13.3. The SMILES string of the molecule is CCC(F)(F)CNC(=O)Nc1ccc2nc(C)c(-c3ccccc3)cc2c1. The Labute approximate surface area is 156 Å². The predicted octanol–water partition coefficient (Wildman–Crippen LogP) is 5.38. The lowest BCUT2D eigenvalue weighted by molar-refractivity contribution is 0.00133. The molecule has 0 saturated heterocycles. The molecule has 3 rings (SSSR count). The van der Waals surface area contributed by atoms with Gasteiger partial charge in [-0.25, -0.2) is 13.6 Å². The van der Waals surface area contributed by atoms with Crippen LogP contribution in [-0.4, -0.2) is 23.5 Å². The number of benzene rings is 2. The molecular formula is C21H21F2N3O. The molecule has 0 spiro atoms. The summed E-state index contributed by atoms with van der Waals surface area (Å²) in [5, 5.41) is 5.65. The molecule has 0 fully saturated rings. The molecule has 0 unspecified atom stereocenters. The molecule has 2 amide bonds. The molecule has 2 aromatic carbocycles. The van der Waals surface area contributed by atoms with Crippen LogP contribution in [0.1, 0.15) is 19.0 Å². The second-order valence-electron chi connectivity index (χ2n) is 6.41. The van der Waals surface area contributed by atoms with E-state index in [1.165, 1.54) is 6.92 Å². The van der Waals surface area contributed by atoms with Gasteiger partial charge in [-0.3, -0.25) is 4.98 Å². The molecule has 0 atom stereocenters. The normalized spacial score (nSPS) is 11.4. The lowest BCUT2D eigenvalue weighted by atomic mass is 10.0. The van der Waals surface area contributed by atoms with Gasteiger partial charge < -0.3 is 10.6 Å². The third kappa shape index (κ3) is 4.58. The number of fused-ring (bicyclic) bond motifs is 1. The molecule has 1 aromatic heterocycles. The van der Waals surface area contributed by atoms with E-state index in [0.29, 0.717) is 5.69 Å². The number of pyridine rings is 1. The number of alkyl halides is 2. The van der Waals surface area contributed by atoms with Crippen LogP contribution in [0.5, 0.6) is 0 Å². The Kier molecular flexibility index (Phi) is 5.35. The summed E-state index contributed by atoms with van der Waals surface area (Å²) >= 11 is 0. The minimum absolute atomic E-state index is 0.323. The van der Waals surface area contributed by atoms with E-state index in [1.807, 2.05) is 43.3 Å². The molecule has 2 N–H and O–H groups in total. The van der Waals surface area contributed by atoms with Crippen molar-refractivity contribution in [2.75, 3.05) is 11.9 Å². The number of hydrogen-bond acceptors (Lipinski definition) is 2. The number of anilines is 1. The van der Waals surface area contributed by atoms with Crippen molar-refractivity contribution in [1.82, 2.24) is 10.3 Å². The fraction of sp³-hybridized carbons (Fsp3) is 0.238. The van der Waals surface area contributed by atoms with Crippen molar-refractivity contribution in [2.24, 2.45) is 0 Å². The van der Waals surface area contributed by atoms with Crippen molar-refractivity contribution in [1.29, 1.82) is 0 Å². The summed E-state index contributed by atoms with van der Waals surface area (Å²) in [6.45, 7) is 2.64. The van der Waals surface area contributed by atoms with Crippen molar-refractivity contribution in [2.45, 2.75) is 26.2 Å². The molecule has 6 heteroatoms. The maximum absolute atomic E-state index is 13.3. The number of aryl methyl sites for hydroxylation is 1. The molecule has 3 aromatic rings. The van der Waals surface area contributed by atoms with Crippen molar-refractivity contribution in [3.05, 3.63) is 60.3 Å². The van der Waals surface area contributed by atoms with E-state index in [2.05, 4.69) is 15.6 Å². The summed E-state index contributed by atoms with van der Waals surface area (Å²) < 4.78 is 26.5. The van der Waals surface area contributed by atoms with E-state index in [-0.39, 0.29) is 6.42 Å². The molecule has 0 bridgehead atoms. The molecule has 0 radical (unpaired) electrons. The van der Waals surface area contributed by atoms with Gasteiger partial charge in [0, 0.05) is 28.8 Å². The molecule has 0 aliphatic carbocycles. The molecule has 0 saturated carbocycles. The molecule has 4 nitrogen and oxygen atoms in total. The van der Waals surface area contributed by atoms with Gasteiger partial charge in [0.25, 0.3) is 5.92 Å². The Morgan fingerprint density at radius 2 is 1.85 bits per heavy atom. The van der Waals surface area contributed by atoms with Crippen LogP contribution in [-0.2, 0) is 0 Å². The van der Waals surface area contributed by atoms with Crippen LogP contribution < -0.4 is 10.6 Å². The van der Waals surface area contributed by atoms with Crippen LogP contribution in [0.3, 0.4) is 0 Å². The van der Waals surface area contributed by atoms with Crippen molar-refractivity contribution in [3.63, 3.8) is 0 Å². The Balaban J connectivity index is 1.82. The summed E-state index contributed by atoms with van der Waals surface area (Å²) in [5.74, 6) is -2.91. The molecule has 27 heavy (non-hydrogen) atoms. The topological polar surface area (TPSA) is 54.0 Å². The van der Waals surface area contributed by atoms with Gasteiger partial charge in [0.05, 0.1) is 12.1 Å². The fourth-order valence-corrected chi connectivity index (χ4v) is 2.77. The summed E-state index contributed by atoms with van der Waals surface area (Å²) in [7, 11) is 0. The van der Waals surface area contributed by atoms with Crippen molar-refractivity contribution in [3.8, 4) is 11.1 Å². The average Bonchev–Trinajstić information content (AvgIpc) is 2.67. The Bertz CT molecular complexity index is 958. The summed E-state index contributed by atoms with van der Waals surface area (Å²) in [6, 6.07) is 16.6. The Morgan fingerprint density at radius 3 is 2.56 bits per heavy atom. The van der Waals surface area contributed by atoms with Crippen molar-refractivity contribution >= 4 is 22.6 Å². The van der Waals surface area contributed by atoms with Gasteiger partial charge in [0.1, 0.15) is 0 Å². The number of hydrogen-bond donors (Lipinski definition) is 2. The van der Waals surface area contributed by atoms with E-state index in [4.69, 9.17) is 0 Å². The van der Waals surface area contributed by atoms with E-state index in [9.17, 15) is 13.6 Å². The van der Waals surface area contributed by atoms with Crippen LogP contribution in [0, 0.1) is 6.92 Å². The number of halogens is 2. The standard InChI is InChI=1S/C21H21F2N3O/c1-3-21(22,23)13-24-20(27)26-17-9-10-19-16(11-17)12-18(14(2)25-19)15-7-5-4-6-8-15/h4-12H,3,13H2,1-2H3,(H2,24,26,27). The lowest BCUT2D eigenvalue weighted by Crippen LogP contribution is -2.38. The van der Waals surface area contributed by atoms with E-state index in [1.54, 1.807) is 18.2 Å². The van der Waals surface area contributed by atoms with Gasteiger partial charge >= 0.3 is 6.03 Å². The molecule has 0 aliphatic heterocycles. The largest absolute Gasteiger partial charge is 0.332 e. The van der Waals surface area contributed by atoms with Gasteiger partial charge in [-0.1, -0.05) is 37.3 Å². The van der Waals surface area contributed by atoms with Crippen molar-refractivity contribution < 1.29 is 13.6 Å². The predicted molar refractivity (Wildman–Crippen MR) is 104 cm³/mol. The fourth-order valence-electron chi connectivity index (χ4n) is 2.77. The van der Waals surface area contributed by atoms with Crippen LogP contribution >= 0.6 is 0 Å².